The molecule has 0 bridgehead atoms. The van der Waals surface area contributed by atoms with Gasteiger partial charge in [0.2, 0.25) is 0 Å². The van der Waals surface area contributed by atoms with Crippen LogP contribution in [-0.4, -0.2) is 11.1 Å². The Labute approximate surface area is 80.4 Å². The Morgan fingerprint density at radius 1 is 1.43 bits per heavy atom. The molecule has 1 aromatic carbocycles. The van der Waals surface area contributed by atoms with E-state index in [9.17, 15) is 4.79 Å². The molecule has 1 aromatic rings. The van der Waals surface area contributed by atoms with Crippen LogP contribution in [0.1, 0.15) is 15.9 Å². The lowest BCUT2D eigenvalue weighted by Crippen LogP contribution is -2.18. The molecule has 0 radical (unpaired) electrons. The molecule has 0 saturated carbocycles. The van der Waals surface area contributed by atoms with E-state index in [1.165, 1.54) is 0 Å². The zero-order chi connectivity index (χ0) is 10.4. The molecule has 0 aliphatic heterocycles. The number of nitrogens with one attached hydrogen (secondary N) is 1. The molecule has 0 heterocycles. The molecule has 4 N–H and O–H groups in total. The third kappa shape index (κ3) is 2.53. The zero-order valence-electron chi connectivity index (χ0n) is 7.34. The Bertz CT molecular complexity index is 334. The smallest absolute Gasteiger partial charge is 0.274 e. The number of amides is 1. The molecule has 1 rings (SSSR count). The van der Waals surface area contributed by atoms with E-state index in [2.05, 4.69) is 10.3 Å². The molecule has 14 heavy (non-hydrogen) atoms. The van der Waals surface area contributed by atoms with Gasteiger partial charge in [0, 0.05) is 5.56 Å². The summed E-state index contributed by atoms with van der Waals surface area (Å²) in [5.41, 5.74) is 2.80. The molecule has 1 amide bonds. The van der Waals surface area contributed by atoms with Gasteiger partial charge in [0.25, 0.3) is 5.91 Å². The lowest BCUT2D eigenvalue weighted by Gasteiger charge is -1.99. The van der Waals surface area contributed by atoms with Crippen LogP contribution in [0.2, 0.25) is 0 Å². The van der Waals surface area contributed by atoms with E-state index < -0.39 is 5.91 Å². The lowest BCUT2D eigenvalue weighted by atomic mass is 10.1. The molecule has 0 aliphatic carbocycles. The van der Waals surface area contributed by atoms with Crippen LogP contribution in [0.15, 0.2) is 34.6 Å². The molecule has 0 fully saturated rings. The number of hydroxylamine groups is 1. The quantitative estimate of drug-likeness (QED) is 0.285. The zero-order valence-corrected chi connectivity index (χ0v) is 7.34. The summed E-state index contributed by atoms with van der Waals surface area (Å²) in [7, 11) is 0. The minimum atomic E-state index is -0.544. The van der Waals surface area contributed by atoms with Gasteiger partial charge in [-0.3, -0.25) is 10.0 Å². The van der Waals surface area contributed by atoms with Crippen molar-refractivity contribution < 1.29 is 10.0 Å². The van der Waals surface area contributed by atoms with Gasteiger partial charge in [-0.15, -0.1) is 0 Å². The van der Waals surface area contributed by atoms with E-state index in [-0.39, 0.29) is 0 Å². The van der Waals surface area contributed by atoms with Crippen molar-refractivity contribution in [3.8, 4) is 0 Å². The van der Waals surface area contributed by atoms with Crippen molar-refractivity contribution in [2.45, 2.75) is 6.54 Å². The second kappa shape index (κ2) is 4.93. The molecule has 0 saturated heterocycles. The summed E-state index contributed by atoms with van der Waals surface area (Å²) in [4.78, 5) is 10.9. The minimum Gasteiger partial charge on any atom is -0.305 e. The highest BCUT2D eigenvalue weighted by molar-refractivity contribution is 5.93. The van der Waals surface area contributed by atoms with Gasteiger partial charge >= 0.3 is 0 Å². The lowest BCUT2D eigenvalue weighted by molar-refractivity contribution is 0.0706. The fourth-order valence-electron chi connectivity index (χ4n) is 0.949. The van der Waals surface area contributed by atoms with Gasteiger partial charge in [0.1, 0.15) is 0 Å². The Morgan fingerprint density at radius 2 is 2.07 bits per heavy atom. The first-order chi connectivity index (χ1) is 6.77. The van der Waals surface area contributed by atoms with Gasteiger partial charge in [0.15, 0.2) is 0 Å². The van der Waals surface area contributed by atoms with Crippen molar-refractivity contribution >= 4 is 5.91 Å². The maximum atomic E-state index is 10.9. The second-order valence-electron chi connectivity index (χ2n) is 2.55. The SMILES string of the molecule is NN=NCc1ccc(C(=O)NO)cc1. The van der Waals surface area contributed by atoms with Crippen molar-refractivity contribution in [3.05, 3.63) is 35.4 Å². The van der Waals surface area contributed by atoms with Crippen LogP contribution in [0, 0.1) is 0 Å². The van der Waals surface area contributed by atoms with Gasteiger partial charge < -0.3 is 5.84 Å². The normalized spacial score (nSPS) is 10.4. The predicted octanol–water partition coefficient (Wildman–Crippen LogP) is 0.632. The molecule has 0 unspecified atom stereocenters. The average Bonchev–Trinajstić information content (AvgIpc) is 2.26. The Hall–Kier alpha value is -1.95. The summed E-state index contributed by atoms with van der Waals surface area (Å²) in [6, 6.07) is 6.57. The fourth-order valence-corrected chi connectivity index (χ4v) is 0.949. The molecule has 0 aromatic heterocycles. The van der Waals surface area contributed by atoms with Crippen molar-refractivity contribution in [3.63, 3.8) is 0 Å². The maximum absolute atomic E-state index is 10.9. The summed E-state index contributed by atoms with van der Waals surface area (Å²) in [6.45, 7) is 0.373. The number of rotatable bonds is 3. The number of nitrogens with zero attached hydrogens (tertiary/aromatic N) is 2. The maximum Gasteiger partial charge on any atom is 0.274 e. The first-order valence-electron chi connectivity index (χ1n) is 3.88. The standard InChI is InChI=1S/C8H10N4O2/c9-12-10-5-6-1-3-7(4-2-6)8(13)11-14/h1-4,14H,5H2,(H2,9,10)(H,11,13). The van der Waals surface area contributed by atoms with Gasteiger partial charge in [-0.2, -0.15) is 5.11 Å². The number of hydrogen-bond donors (Lipinski definition) is 3. The molecule has 0 atom stereocenters. The van der Waals surface area contributed by atoms with Crippen LogP contribution in [0.3, 0.4) is 0 Å². The van der Waals surface area contributed by atoms with E-state index in [1.807, 2.05) is 0 Å². The van der Waals surface area contributed by atoms with Crippen LogP contribution in [0.5, 0.6) is 0 Å². The summed E-state index contributed by atoms with van der Waals surface area (Å²) in [6.07, 6.45) is 0. The van der Waals surface area contributed by atoms with Crippen molar-refractivity contribution in [1.29, 1.82) is 0 Å². The van der Waals surface area contributed by atoms with Crippen LogP contribution >= 0.6 is 0 Å². The molecule has 6 nitrogen and oxygen atoms in total. The highest BCUT2D eigenvalue weighted by Crippen LogP contribution is 2.05. The largest absolute Gasteiger partial charge is 0.305 e. The highest BCUT2D eigenvalue weighted by atomic mass is 16.5. The fraction of sp³-hybridized carbons (Fsp3) is 0.125. The predicted molar refractivity (Wildman–Crippen MR) is 48.4 cm³/mol. The number of hydrogen-bond acceptors (Lipinski definition) is 4. The second-order valence-corrected chi connectivity index (χ2v) is 2.55. The third-order valence-electron chi connectivity index (χ3n) is 1.65. The molecule has 74 valence electrons. The molecule has 0 aliphatic rings. The monoisotopic (exact) mass is 194 g/mol. The van der Waals surface area contributed by atoms with E-state index in [0.717, 1.165) is 5.56 Å². The first kappa shape index (κ1) is 10.1. The minimum absolute atomic E-state index is 0.373. The molecule has 0 spiro atoms. The van der Waals surface area contributed by atoms with Gasteiger partial charge in [-0.25, -0.2) is 5.48 Å². The summed E-state index contributed by atoms with van der Waals surface area (Å²) in [5, 5.41) is 15.0. The van der Waals surface area contributed by atoms with Crippen molar-refractivity contribution in [2.24, 2.45) is 16.2 Å². The van der Waals surface area contributed by atoms with E-state index in [1.54, 1.807) is 29.7 Å². The molecule has 6 heteroatoms. The van der Waals surface area contributed by atoms with Crippen LogP contribution in [-0.2, 0) is 6.54 Å². The Balaban J connectivity index is 2.73. The van der Waals surface area contributed by atoms with E-state index in [4.69, 9.17) is 11.0 Å². The van der Waals surface area contributed by atoms with Crippen LogP contribution in [0.25, 0.3) is 0 Å². The summed E-state index contributed by atoms with van der Waals surface area (Å²) in [5.74, 6) is 4.29. The Morgan fingerprint density at radius 3 is 2.57 bits per heavy atom. The summed E-state index contributed by atoms with van der Waals surface area (Å²) < 4.78 is 0. The number of carbonyl (C=O) groups excluding carboxylic acids is 1. The number of benzene rings is 1. The van der Waals surface area contributed by atoms with Crippen molar-refractivity contribution in [1.82, 2.24) is 5.48 Å². The van der Waals surface area contributed by atoms with Gasteiger partial charge in [-0.1, -0.05) is 17.4 Å². The van der Waals surface area contributed by atoms with Crippen LogP contribution in [0.4, 0.5) is 0 Å². The van der Waals surface area contributed by atoms with Gasteiger partial charge in [0.05, 0.1) is 6.54 Å². The molecular formula is C8H10N4O2. The van der Waals surface area contributed by atoms with E-state index >= 15 is 0 Å². The summed E-state index contributed by atoms with van der Waals surface area (Å²) >= 11 is 0. The number of carbonyl (C=O) groups is 1. The first-order valence-corrected chi connectivity index (χ1v) is 3.88. The molecular weight excluding hydrogens is 184 g/mol. The highest BCUT2D eigenvalue weighted by Gasteiger charge is 2.02. The topological polar surface area (TPSA) is 100 Å². The van der Waals surface area contributed by atoms with Crippen molar-refractivity contribution in [2.75, 3.05) is 0 Å². The van der Waals surface area contributed by atoms with E-state index in [0.29, 0.717) is 12.1 Å². The third-order valence-corrected chi connectivity index (χ3v) is 1.65. The Kier molecular flexibility index (Phi) is 3.57. The average molecular weight is 194 g/mol. The number of nitrogens with two attached hydrogens (primary N) is 1. The van der Waals surface area contributed by atoms with Crippen LogP contribution < -0.4 is 11.3 Å². The van der Waals surface area contributed by atoms with Gasteiger partial charge in [-0.05, 0) is 17.7 Å².